The Morgan fingerprint density at radius 2 is 1.15 bits per heavy atom. The number of Topliss-reactive ketones (excluding diaryl/α,β-unsaturated/α-hetero) is 1. The molecule has 0 saturated heterocycles. The molecule has 0 aromatic heterocycles. The first-order chi connectivity index (χ1) is 8.90. The molecule has 0 amide bonds. The molecule has 120 valence electrons. The predicted molar refractivity (Wildman–Crippen MR) is 85.7 cm³/mol. The summed E-state index contributed by atoms with van der Waals surface area (Å²) in [6.45, 7) is 14.4. The van der Waals surface area contributed by atoms with Crippen molar-refractivity contribution < 1.29 is 13.2 Å². The SMILES string of the molecule is CCC(C)(CC)C(=O)C(C)(C)S(=O)(=O)C(C)(CC)CC. The lowest BCUT2D eigenvalue weighted by atomic mass is 9.76. The van der Waals surface area contributed by atoms with Crippen molar-refractivity contribution in [3.05, 3.63) is 0 Å². The molecule has 0 N–H and O–H groups in total. The minimum Gasteiger partial charge on any atom is -0.297 e. The van der Waals surface area contributed by atoms with Gasteiger partial charge in [0.05, 0.1) is 4.75 Å². The summed E-state index contributed by atoms with van der Waals surface area (Å²) in [6, 6.07) is 0. The van der Waals surface area contributed by atoms with Gasteiger partial charge in [-0.2, -0.15) is 0 Å². The fourth-order valence-electron chi connectivity index (χ4n) is 2.67. The Hall–Kier alpha value is -0.380. The van der Waals surface area contributed by atoms with Crippen LogP contribution in [0.4, 0.5) is 0 Å². The van der Waals surface area contributed by atoms with Gasteiger partial charge in [0.2, 0.25) is 0 Å². The van der Waals surface area contributed by atoms with E-state index in [0.717, 1.165) is 0 Å². The van der Waals surface area contributed by atoms with Crippen molar-refractivity contribution in [3.8, 4) is 0 Å². The quantitative estimate of drug-likeness (QED) is 0.676. The van der Waals surface area contributed by atoms with E-state index in [4.69, 9.17) is 0 Å². The molecule has 0 spiro atoms. The molecular weight excluding hydrogens is 272 g/mol. The summed E-state index contributed by atoms with van der Waals surface area (Å²) >= 11 is 0. The number of hydrogen-bond acceptors (Lipinski definition) is 3. The van der Waals surface area contributed by atoms with Crippen molar-refractivity contribution in [2.24, 2.45) is 5.41 Å². The molecule has 0 atom stereocenters. The standard InChI is InChI=1S/C16H32O3S/c1-9-15(7,10-2)13(17)14(5,6)20(18,19)16(8,11-3)12-4/h9-12H2,1-8H3. The second kappa shape index (κ2) is 6.17. The summed E-state index contributed by atoms with van der Waals surface area (Å²) in [7, 11) is -3.55. The van der Waals surface area contributed by atoms with Crippen molar-refractivity contribution in [1.82, 2.24) is 0 Å². The van der Waals surface area contributed by atoms with Crippen LogP contribution in [0.1, 0.15) is 81.1 Å². The van der Waals surface area contributed by atoms with Gasteiger partial charge in [0.25, 0.3) is 0 Å². The second-order valence-electron chi connectivity index (χ2n) is 6.77. The molecule has 0 unspecified atom stereocenters. The Balaban J connectivity index is 5.94. The van der Waals surface area contributed by atoms with Gasteiger partial charge in [-0.05, 0) is 46.5 Å². The maximum Gasteiger partial charge on any atom is 0.167 e. The van der Waals surface area contributed by atoms with E-state index >= 15 is 0 Å². The first kappa shape index (κ1) is 19.6. The van der Waals surface area contributed by atoms with Crippen LogP contribution >= 0.6 is 0 Å². The minimum absolute atomic E-state index is 0.150. The molecular formula is C16H32O3S. The highest BCUT2D eigenvalue weighted by molar-refractivity contribution is 7.94. The van der Waals surface area contributed by atoms with E-state index in [0.29, 0.717) is 25.7 Å². The van der Waals surface area contributed by atoms with Crippen LogP contribution in [0.5, 0.6) is 0 Å². The molecule has 0 aromatic carbocycles. The highest BCUT2D eigenvalue weighted by Gasteiger charge is 2.54. The van der Waals surface area contributed by atoms with Gasteiger partial charge in [0.15, 0.2) is 15.6 Å². The maximum atomic E-state index is 13.0. The normalized spacial score (nSPS) is 14.4. The summed E-state index contributed by atoms with van der Waals surface area (Å²) in [5.74, 6) is -0.150. The molecule has 0 radical (unpaired) electrons. The van der Waals surface area contributed by atoms with E-state index in [1.54, 1.807) is 20.8 Å². The van der Waals surface area contributed by atoms with Gasteiger partial charge in [-0.3, -0.25) is 4.79 Å². The van der Waals surface area contributed by atoms with Crippen LogP contribution in [0.3, 0.4) is 0 Å². The highest BCUT2D eigenvalue weighted by atomic mass is 32.2. The number of ketones is 1. The van der Waals surface area contributed by atoms with E-state index in [9.17, 15) is 13.2 Å². The highest BCUT2D eigenvalue weighted by Crippen LogP contribution is 2.41. The lowest BCUT2D eigenvalue weighted by Gasteiger charge is -2.40. The summed E-state index contributed by atoms with van der Waals surface area (Å²) in [5, 5.41) is 0. The smallest absolute Gasteiger partial charge is 0.167 e. The van der Waals surface area contributed by atoms with Crippen LogP contribution < -0.4 is 0 Å². The molecule has 3 nitrogen and oxygen atoms in total. The van der Waals surface area contributed by atoms with E-state index in [-0.39, 0.29) is 5.78 Å². The van der Waals surface area contributed by atoms with Crippen molar-refractivity contribution in [3.63, 3.8) is 0 Å². The van der Waals surface area contributed by atoms with Gasteiger partial charge in [0.1, 0.15) is 4.75 Å². The molecule has 0 aliphatic rings. The predicted octanol–water partition coefficient (Wildman–Crippen LogP) is 4.15. The van der Waals surface area contributed by atoms with Crippen LogP contribution in [0, 0.1) is 5.41 Å². The molecule has 0 aromatic rings. The zero-order valence-electron chi connectivity index (χ0n) is 14.5. The summed E-state index contributed by atoms with van der Waals surface area (Å²) < 4.78 is 23.9. The lowest BCUT2D eigenvalue weighted by molar-refractivity contribution is -0.130. The molecule has 4 heteroatoms. The Morgan fingerprint density at radius 3 is 1.40 bits per heavy atom. The molecule has 0 aliphatic heterocycles. The minimum atomic E-state index is -3.55. The molecule has 0 fully saturated rings. The summed E-state index contributed by atoms with van der Waals surface area (Å²) in [5.41, 5.74) is -0.570. The van der Waals surface area contributed by atoms with E-state index in [1.807, 2.05) is 34.6 Å². The van der Waals surface area contributed by atoms with Gasteiger partial charge in [-0.15, -0.1) is 0 Å². The number of rotatable bonds is 8. The second-order valence-corrected chi connectivity index (χ2v) is 9.78. The molecule has 0 heterocycles. The van der Waals surface area contributed by atoms with Crippen LogP contribution in [0.2, 0.25) is 0 Å². The number of carbonyl (C=O) groups excluding carboxylic acids is 1. The van der Waals surface area contributed by atoms with Crippen molar-refractivity contribution in [2.45, 2.75) is 90.6 Å². The maximum absolute atomic E-state index is 13.0. The van der Waals surface area contributed by atoms with Gasteiger partial charge in [-0.1, -0.05) is 34.6 Å². The zero-order valence-corrected chi connectivity index (χ0v) is 15.3. The van der Waals surface area contributed by atoms with Crippen LogP contribution in [0.15, 0.2) is 0 Å². The topological polar surface area (TPSA) is 51.2 Å². The Kier molecular flexibility index (Phi) is 6.05. The first-order valence-corrected chi connectivity index (χ1v) is 9.17. The van der Waals surface area contributed by atoms with Gasteiger partial charge in [-0.25, -0.2) is 8.42 Å². The number of hydrogen-bond donors (Lipinski definition) is 0. The van der Waals surface area contributed by atoms with Crippen molar-refractivity contribution in [2.75, 3.05) is 0 Å². The van der Waals surface area contributed by atoms with E-state index in [1.165, 1.54) is 0 Å². The molecule has 0 saturated carbocycles. The van der Waals surface area contributed by atoms with Crippen molar-refractivity contribution >= 4 is 15.6 Å². The molecule has 0 aliphatic carbocycles. The monoisotopic (exact) mass is 304 g/mol. The van der Waals surface area contributed by atoms with Crippen LogP contribution in [0.25, 0.3) is 0 Å². The fraction of sp³-hybridized carbons (Fsp3) is 0.938. The average Bonchev–Trinajstić information content (AvgIpc) is 2.43. The van der Waals surface area contributed by atoms with Crippen LogP contribution in [-0.2, 0) is 14.6 Å². The number of carbonyl (C=O) groups is 1. The third-order valence-corrected chi connectivity index (χ3v) is 8.88. The number of sulfone groups is 1. The van der Waals surface area contributed by atoms with E-state index < -0.39 is 24.7 Å². The summed E-state index contributed by atoms with van der Waals surface area (Å²) in [6.07, 6.45) is 2.38. The lowest BCUT2D eigenvalue weighted by Crippen LogP contribution is -2.55. The Morgan fingerprint density at radius 1 is 0.800 bits per heavy atom. The Bertz CT molecular complexity index is 438. The van der Waals surface area contributed by atoms with Gasteiger partial charge in [0, 0.05) is 5.41 Å². The summed E-state index contributed by atoms with van der Waals surface area (Å²) in [4.78, 5) is 12.9. The van der Waals surface area contributed by atoms with Crippen molar-refractivity contribution in [1.29, 1.82) is 0 Å². The first-order valence-electron chi connectivity index (χ1n) is 7.69. The zero-order chi connectivity index (χ0) is 16.4. The van der Waals surface area contributed by atoms with Gasteiger partial charge >= 0.3 is 0 Å². The fourth-order valence-corrected chi connectivity index (χ4v) is 5.15. The average molecular weight is 304 g/mol. The third-order valence-electron chi connectivity index (χ3n) is 5.47. The van der Waals surface area contributed by atoms with Crippen LogP contribution in [-0.4, -0.2) is 23.7 Å². The van der Waals surface area contributed by atoms with Gasteiger partial charge < -0.3 is 0 Å². The largest absolute Gasteiger partial charge is 0.297 e. The molecule has 0 rings (SSSR count). The third kappa shape index (κ3) is 2.81. The van der Waals surface area contributed by atoms with E-state index in [2.05, 4.69) is 0 Å². The molecule has 0 bridgehead atoms. The molecule has 20 heavy (non-hydrogen) atoms. The Labute approximate surface area is 125 Å².